The molecule has 0 aliphatic rings. The smallest absolute Gasteiger partial charge is 0.246 e. The van der Waals surface area contributed by atoms with E-state index in [1.54, 1.807) is 6.07 Å². The molecule has 0 atom stereocenters. The van der Waals surface area contributed by atoms with E-state index >= 15 is 0 Å². The van der Waals surface area contributed by atoms with Crippen molar-refractivity contribution in [3.05, 3.63) is 34.9 Å². The molecule has 5 heteroatoms. The Morgan fingerprint density at radius 3 is 2.75 bits per heavy atom. The van der Waals surface area contributed by atoms with E-state index in [0.717, 1.165) is 5.56 Å². The fourth-order valence-electron chi connectivity index (χ4n) is 1.65. The number of benzene rings is 1. The van der Waals surface area contributed by atoms with Crippen LogP contribution in [0.3, 0.4) is 0 Å². The first kappa shape index (κ1) is 17.0. The molecule has 0 saturated carbocycles. The van der Waals surface area contributed by atoms with E-state index in [0.29, 0.717) is 24.6 Å². The van der Waals surface area contributed by atoms with Gasteiger partial charge in [0.2, 0.25) is 5.91 Å². The lowest BCUT2D eigenvalue weighted by Gasteiger charge is -2.23. The highest BCUT2D eigenvalue weighted by molar-refractivity contribution is 6.31. The van der Waals surface area contributed by atoms with Crippen LogP contribution >= 0.6 is 11.6 Å². The Balaban J connectivity index is 2.26. The monoisotopic (exact) mass is 299 g/mol. The number of aliphatic hydroxyl groups is 1. The topological polar surface area (TPSA) is 58.6 Å². The Hall–Kier alpha value is -1.10. The Kier molecular flexibility index (Phi) is 6.99. The third-order valence-electron chi connectivity index (χ3n) is 3.00. The predicted octanol–water partition coefficient (Wildman–Crippen LogP) is 2.38. The van der Waals surface area contributed by atoms with Crippen molar-refractivity contribution < 1.29 is 14.6 Å². The molecule has 0 spiro atoms. The van der Waals surface area contributed by atoms with Crippen molar-refractivity contribution in [2.45, 2.75) is 26.9 Å². The molecule has 0 aliphatic carbocycles. The molecule has 1 rings (SSSR count). The van der Waals surface area contributed by atoms with Crippen LogP contribution in [0.25, 0.3) is 0 Å². The van der Waals surface area contributed by atoms with Crippen LogP contribution in [0.1, 0.15) is 25.8 Å². The number of carbonyl (C=O) groups is 1. The van der Waals surface area contributed by atoms with E-state index in [1.807, 2.05) is 32.0 Å². The third kappa shape index (κ3) is 6.37. The van der Waals surface area contributed by atoms with Crippen molar-refractivity contribution in [3.63, 3.8) is 0 Å². The number of aliphatic hydroxyl groups excluding tert-OH is 1. The Bertz CT molecular complexity index is 435. The molecule has 0 heterocycles. The van der Waals surface area contributed by atoms with Crippen LogP contribution in [0.4, 0.5) is 0 Å². The summed E-state index contributed by atoms with van der Waals surface area (Å²) in [5.41, 5.74) is 0.746. The number of halogens is 1. The first-order valence-electron chi connectivity index (χ1n) is 6.63. The molecule has 4 nitrogen and oxygen atoms in total. The average Bonchev–Trinajstić information content (AvgIpc) is 2.39. The molecule has 0 unspecified atom stereocenters. The summed E-state index contributed by atoms with van der Waals surface area (Å²) in [6.45, 7) is 4.93. The van der Waals surface area contributed by atoms with Gasteiger partial charge in [0.25, 0.3) is 0 Å². The Morgan fingerprint density at radius 2 is 2.10 bits per heavy atom. The highest BCUT2D eigenvalue weighted by Gasteiger charge is 2.18. The van der Waals surface area contributed by atoms with Crippen molar-refractivity contribution in [2.75, 3.05) is 19.8 Å². The largest absolute Gasteiger partial charge is 0.396 e. The summed E-state index contributed by atoms with van der Waals surface area (Å²) >= 11 is 5.99. The summed E-state index contributed by atoms with van der Waals surface area (Å²) in [5, 5.41) is 12.3. The van der Waals surface area contributed by atoms with Crippen molar-refractivity contribution >= 4 is 17.5 Å². The van der Waals surface area contributed by atoms with Gasteiger partial charge < -0.3 is 15.2 Å². The van der Waals surface area contributed by atoms with Crippen molar-refractivity contribution in [3.8, 4) is 0 Å². The van der Waals surface area contributed by atoms with Crippen LogP contribution in [0, 0.1) is 5.41 Å². The van der Waals surface area contributed by atoms with Crippen molar-refractivity contribution in [1.29, 1.82) is 0 Å². The number of carbonyl (C=O) groups excluding carboxylic acids is 1. The number of ether oxygens (including phenoxy) is 1. The molecule has 0 radical (unpaired) electrons. The van der Waals surface area contributed by atoms with Gasteiger partial charge in [0, 0.05) is 18.2 Å². The zero-order chi connectivity index (χ0) is 15.0. The van der Waals surface area contributed by atoms with Gasteiger partial charge in [-0.15, -0.1) is 0 Å². The van der Waals surface area contributed by atoms with Gasteiger partial charge in [0.1, 0.15) is 6.61 Å². The first-order valence-corrected chi connectivity index (χ1v) is 7.01. The van der Waals surface area contributed by atoms with Crippen molar-refractivity contribution in [2.24, 2.45) is 5.41 Å². The Labute approximate surface area is 125 Å². The van der Waals surface area contributed by atoms with E-state index in [4.69, 9.17) is 21.4 Å². The second-order valence-corrected chi connectivity index (χ2v) is 5.91. The number of hydrogen-bond acceptors (Lipinski definition) is 3. The normalized spacial score (nSPS) is 11.4. The minimum Gasteiger partial charge on any atom is -0.396 e. The zero-order valence-corrected chi connectivity index (χ0v) is 12.7. The maximum atomic E-state index is 11.6. The fraction of sp³-hybridized carbons (Fsp3) is 0.533. The quantitative estimate of drug-likeness (QED) is 0.775. The molecule has 0 aliphatic heterocycles. The van der Waals surface area contributed by atoms with Crippen molar-refractivity contribution in [1.82, 2.24) is 5.32 Å². The standard InChI is InChI=1S/C15H22ClNO3/c1-15(2,7-8-18)11-17-14(19)10-20-9-12-5-3-4-6-13(12)16/h3-6,18H,7-11H2,1-2H3,(H,17,19). The van der Waals surface area contributed by atoms with Crippen LogP contribution in [0.15, 0.2) is 24.3 Å². The maximum absolute atomic E-state index is 11.6. The average molecular weight is 300 g/mol. The summed E-state index contributed by atoms with van der Waals surface area (Å²) < 4.78 is 5.34. The predicted molar refractivity (Wildman–Crippen MR) is 79.6 cm³/mol. The van der Waals surface area contributed by atoms with Gasteiger partial charge in [-0.05, 0) is 23.5 Å². The molecular formula is C15H22ClNO3. The van der Waals surface area contributed by atoms with Gasteiger partial charge in [-0.1, -0.05) is 43.6 Å². The number of nitrogens with one attached hydrogen (secondary N) is 1. The molecule has 1 aromatic rings. The molecule has 0 bridgehead atoms. The van der Waals surface area contributed by atoms with Gasteiger partial charge in [0.05, 0.1) is 6.61 Å². The Morgan fingerprint density at radius 1 is 1.40 bits per heavy atom. The molecule has 20 heavy (non-hydrogen) atoms. The van der Waals surface area contributed by atoms with Gasteiger partial charge in [-0.2, -0.15) is 0 Å². The van der Waals surface area contributed by atoms with Crippen LogP contribution in [-0.4, -0.2) is 30.8 Å². The molecule has 0 aromatic heterocycles. The second-order valence-electron chi connectivity index (χ2n) is 5.50. The zero-order valence-electron chi connectivity index (χ0n) is 12.0. The lowest BCUT2D eigenvalue weighted by molar-refractivity contribution is -0.126. The lowest BCUT2D eigenvalue weighted by Crippen LogP contribution is -2.36. The number of hydrogen-bond donors (Lipinski definition) is 2. The maximum Gasteiger partial charge on any atom is 0.246 e. The SMILES string of the molecule is CC(C)(CCO)CNC(=O)COCc1ccccc1Cl. The van der Waals surface area contributed by atoms with Crippen LogP contribution in [0.2, 0.25) is 5.02 Å². The van der Waals surface area contributed by atoms with Crippen LogP contribution in [-0.2, 0) is 16.1 Å². The molecule has 2 N–H and O–H groups in total. The molecule has 0 fully saturated rings. The van der Waals surface area contributed by atoms with Gasteiger partial charge in [0.15, 0.2) is 0 Å². The van der Waals surface area contributed by atoms with E-state index in [2.05, 4.69) is 5.32 Å². The third-order valence-corrected chi connectivity index (χ3v) is 3.37. The van der Waals surface area contributed by atoms with E-state index < -0.39 is 0 Å². The van der Waals surface area contributed by atoms with Gasteiger partial charge in [-0.25, -0.2) is 0 Å². The molecule has 1 aromatic carbocycles. The van der Waals surface area contributed by atoms with E-state index in [9.17, 15) is 4.79 Å². The second kappa shape index (κ2) is 8.25. The molecular weight excluding hydrogens is 278 g/mol. The summed E-state index contributed by atoms with van der Waals surface area (Å²) in [4.78, 5) is 11.6. The van der Waals surface area contributed by atoms with Gasteiger partial charge in [-0.3, -0.25) is 4.79 Å². The summed E-state index contributed by atoms with van der Waals surface area (Å²) in [6.07, 6.45) is 0.647. The first-order chi connectivity index (χ1) is 9.44. The molecule has 1 amide bonds. The minimum atomic E-state index is -0.164. The summed E-state index contributed by atoms with van der Waals surface area (Å²) in [7, 11) is 0. The number of rotatable bonds is 8. The van der Waals surface area contributed by atoms with Crippen LogP contribution < -0.4 is 5.32 Å². The molecule has 0 saturated heterocycles. The number of amides is 1. The fourth-order valence-corrected chi connectivity index (χ4v) is 1.84. The molecule has 112 valence electrons. The van der Waals surface area contributed by atoms with Crippen LogP contribution in [0.5, 0.6) is 0 Å². The highest BCUT2D eigenvalue weighted by Crippen LogP contribution is 2.18. The van der Waals surface area contributed by atoms with E-state index in [1.165, 1.54) is 0 Å². The highest BCUT2D eigenvalue weighted by atomic mass is 35.5. The van der Waals surface area contributed by atoms with E-state index in [-0.39, 0.29) is 24.5 Å². The summed E-state index contributed by atoms with van der Waals surface area (Å²) in [6, 6.07) is 7.38. The summed E-state index contributed by atoms with van der Waals surface area (Å²) in [5.74, 6) is -0.164. The van der Waals surface area contributed by atoms with Gasteiger partial charge >= 0.3 is 0 Å². The lowest BCUT2D eigenvalue weighted by atomic mass is 9.90. The minimum absolute atomic E-state index is 0.000425.